The van der Waals surface area contributed by atoms with Gasteiger partial charge in [-0.3, -0.25) is 9.59 Å². The molecule has 0 aromatic heterocycles. The van der Waals surface area contributed by atoms with Gasteiger partial charge in [-0.15, -0.1) is 0 Å². The molecule has 24 heavy (non-hydrogen) atoms. The number of piperidine rings is 2. The first-order valence-electron chi connectivity index (χ1n) is 8.61. The minimum Gasteiger partial charge on any atom is -0.493 e. The fraction of sp³-hybridized carbons (Fsp3) is 0.556. The average Bonchev–Trinajstić information content (AvgIpc) is 3.06. The number of hydrogen-bond acceptors (Lipinski definition) is 4. The summed E-state index contributed by atoms with van der Waals surface area (Å²) in [4.78, 5) is 27.0. The Morgan fingerprint density at radius 2 is 2.29 bits per heavy atom. The largest absolute Gasteiger partial charge is 0.493 e. The van der Waals surface area contributed by atoms with Crippen molar-refractivity contribution < 1.29 is 19.4 Å². The molecular weight excluding hydrogens is 308 g/mol. The van der Waals surface area contributed by atoms with E-state index in [1.54, 1.807) is 11.0 Å². The fourth-order valence-electron chi connectivity index (χ4n) is 4.12. The van der Waals surface area contributed by atoms with Gasteiger partial charge in [0, 0.05) is 31.6 Å². The second-order valence-corrected chi connectivity index (χ2v) is 6.97. The van der Waals surface area contributed by atoms with Crippen molar-refractivity contribution in [1.82, 2.24) is 10.2 Å². The number of hydrogen-bond donors (Lipinski definition) is 2. The normalized spacial score (nSPS) is 29.1. The Morgan fingerprint density at radius 3 is 3.12 bits per heavy atom. The van der Waals surface area contributed by atoms with Crippen LogP contribution in [0.1, 0.15) is 35.2 Å². The van der Waals surface area contributed by atoms with Gasteiger partial charge in [0.25, 0.3) is 5.91 Å². The summed E-state index contributed by atoms with van der Waals surface area (Å²) in [6.07, 6.45) is 2.03. The Labute approximate surface area is 140 Å². The summed E-state index contributed by atoms with van der Waals surface area (Å²) in [5.41, 5.74) is 0.830. The molecule has 3 aliphatic heterocycles. The van der Waals surface area contributed by atoms with Gasteiger partial charge in [0.05, 0.1) is 18.1 Å². The number of likely N-dealkylation sites (tertiary alicyclic amines) is 1. The quantitative estimate of drug-likeness (QED) is 0.795. The van der Waals surface area contributed by atoms with Gasteiger partial charge in [0.15, 0.2) is 0 Å². The molecule has 3 aliphatic rings. The summed E-state index contributed by atoms with van der Waals surface area (Å²) < 4.78 is 5.49. The van der Waals surface area contributed by atoms with E-state index in [0.717, 1.165) is 24.2 Å². The molecule has 0 aliphatic carbocycles. The van der Waals surface area contributed by atoms with Crippen molar-refractivity contribution in [2.45, 2.75) is 31.8 Å². The molecule has 0 saturated carbocycles. The molecule has 0 unspecified atom stereocenters. The van der Waals surface area contributed by atoms with Crippen molar-refractivity contribution in [2.75, 3.05) is 26.2 Å². The maximum absolute atomic E-state index is 12.9. The van der Waals surface area contributed by atoms with Crippen LogP contribution < -0.4 is 10.1 Å². The second kappa shape index (κ2) is 5.77. The van der Waals surface area contributed by atoms with Gasteiger partial charge in [-0.25, -0.2) is 0 Å². The number of ether oxygens (including phenoxy) is 1. The molecule has 2 saturated heterocycles. The van der Waals surface area contributed by atoms with Gasteiger partial charge in [0.1, 0.15) is 5.75 Å². The Bertz CT molecular complexity index is 690. The molecular formula is C18H22N2O4. The molecule has 2 N–H and O–H groups in total. The van der Waals surface area contributed by atoms with Crippen molar-refractivity contribution in [1.29, 1.82) is 0 Å². The smallest absolute Gasteiger partial charge is 0.253 e. The number of carbonyl (C=O) groups is 2. The van der Waals surface area contributed by atoms with E-state index in [2.05, 4.69) is 5.32 Å². The van der Waals surface area contributed by atoms with Crippen molar-refractivity contribution in [3.8, 4) is 5.75 Å². The Balaban J connectivity index is 1.58. The van der Waals surface area contributed by atoms with E-state index in [4.69, 9.17) is 4.74 Å². The number of nitrogens with one attached hydrogen (secondary N) is 1. The Morgan fingerprint density at radius 1 is 1.42 bits per heavy atom. The first-order chi connectivity index (χ1) is 11.6. The molecule has 1 spiro atoms. The van der Waals surface area contributed by atoms with Crippen molar-refractivity contribution in [2.24, 2.45) is 5.41 Å². The fourth-order valence-corrected chi connectivity index (χ4v) is 4.12. The third kappa shape index (κ3) is 2.36. The molecule has 3 heterocycles. The predicted octanol–water partition coefficient (Wildman–Crippen LogP) is 0.725. The van der Waals surface area contributed by atoms with Crippen LogP contribution >= 0.6 is 0 Å². The summed E-state index contributed by atoms with van der Waals surface area (Å²) in [6.45, 7) is 2.06. The van der Waals surface area contributed by atoms with Crippen LogP contribution in [0.25, 0.3) is 0 Å². The topological polar surface area (TPSA) is 78.9 Å². The standard InChI is InChI=1S/C18H22N2O4/c21-15-4-8-20(11-18(15)6-1-7-19-17(18)23)16(22)13-2-3-14-12(10-13)5-9-24-14/h2-3,10,15,21H,1,4-9,11H2,(H,19,23)/t15-,18-/m1/s1. The molecule has 6 nitrogen and oxygen atoms in total. The molecule has 0 radical (unpaired) electrons. The summed E-state index contributed by atoms with van der Waals surface area (Å²) in [6, 6.07) is 5.52. The van der Waals surface area contributed by atoms with Crippen LogP contribution in [0.4, 0.5) is 0 Å². The number of rotatable bonds is 1. The van der Waals surface area contributed by atoms with Crippen molar-refractivity contribution in [3.63, 3.8) is 0 Å². The highest BCUT2D eigenvalue weighted by Gasteiger charge is 2.50. The van der Waals surface area contributed by atoms with Crippen LogP contribution in [0.2, 0.25) is 0 Å². The molecule has 2 atom stereocenters. The Kier molecular flexibility index (Phi) is 3.72. The number of amides is 2. The highest BCUT2D eigenvalue weighted by Crippen LogP contribution is 2.38. The second-order valence-electron chi connectivity index (χ2n) is 6.97. The number of nitrogens with zero attached hydrogens (tertiary/aromatic N) is 1. The number of carbonyl (C=O) groups excluding carboxylic acids is 2. The minimum absolute atomic E-state index is 0.0747. The van der Waals surface area contributed by atoms with Gasteiger partial charge < -0.3 is 20.1 Å². The maximum atomic E-state index is 12.9. The first kappa shape index (κ1) is 15.4. The number of aliphatic hydroxyl groups is 1. The van der Waals surface area contributed by atoms with E-state index in [1.807, 2.05) is 12.1 Å². The van der Waals surface area contributed by atoms with Crippen LogP contribution in [-0.2, 0) is 11.2 Å². The maximum Gasteiger partial charge on any atom is 0.253 e. The zero-order valence-electron chi connectivity index (χ0n) is 13.6. The van der Waals surface area contributed by atoms with Crippen LogP contribution in [0.15, 0.2) is 18.2 Å². The minimum atomic E-state index is -0.855. The van der Waals surface area contributed by atoms with Gasteiger partial charge in [-0.2, -0.15) is 0 Å². The molecule has 1 aromatic carbocycles. The van der Waals surface area contributed by atoms with Crippen LogP contribution in [0.3, 0.4) is 0 Å². The van der Waals surface area contributed by atoms with Crippen molar-refractivity contribution >= 4 is 11.8 Å². The van der Waals surface area contributed by atoms with Crippen LogP contribution in [-0.4, -0.2) is 54.2 Å². The average molecular weight is 330 g/mol. The van der Waals surface area contributed by atoms with Gasteiger partial charge in [0.2, 0.25) is 5.91 Å². The molecule has 6 heteroatoms. The summed E-state index contributed by atoms with van der Waals surface area (Å²) in [7, 11) is 0. The zero-order chi connectivity index (χ0) is 16.7. The first-order valence-corrected chi connectivity index (χ1v) is 8.61. The van der Waals surface area contributed by atoms with E-state index >= 15 is 0 Å². The highest BCUT2D eigenvalue weighted by molar-refractivity contribution is 5.95. The zero-order valence-corrected chi connectivity index (χ0v) is 13.6. The lowest BCUT2D eigenvalue weighted by Crippen LogP contribution is -2.62. The van der Waals surface area contributed by atoms with Gasteiger partial charge >= 0.3 is 0 Å². The molecule has 0 bridgehead atoms. The summed E-state index contributed by atoms with van der Waals surface area (Å²) in [5, 5.41) is 13.3. The van der Waals surface area contributed by atoms with E-state index in [-0.39, 0.29) is 18.4 Å². The van der Waals surface area contributed by atoms with E-state index in [9.17, 15) is 14.7 Å². The van der Waals surface area contributed by atoms with Crippen molar-refractivity contribution in [3.05, 3.63) is 29.3 Å². The van der Waals surface area contributed by atoms with E-state index < -0.39 is 11.5 Å². The van der Waals surface area contributed by atoms with E-state index in [1.165, 1.54) is 0 Å². The van der Waals surface area contributed by atoms with E-state index in [0.29, 0.717) is 38.1 Å². The molecule has 128 valence electrons. The summed E-state index contributed by atoms with van der Waals surface area (Å²) in [5.74, 6) is 0.652. The lowest BCUT2D eigenvalue weighted by Gasteiger charge is -2.46. The van der Waals surface area contributed by atoms with Gasteiger partial charge in [-0.1, -0.05) is 0 Å². The predicted molar refractivity (Wildman–Crippen MR) is 86.8 cm³/mol. The molecule has 1 aromatic rings. The monoisotopic (exact) mass is 330 g/mol. The SMILES string of the molecule is O=C(c1ccc2c(c1)CCO2)N1CC[C@@H](O)[C@@]2(CCCNC2=O)C1. The summed E-state index contributed by atoms with van der Waals surface area (Å²) >= 11 is 0. The lowest BCUT2D eigenvalue weighted by atomic mass is 9.71. The highest BCUT2D eigenvalue weighted by atomic mass is 16.5. The lowest BCUT2D eigenvalue weighted by molar-refractivity contribution is -0.147. The number of fused-ring (bicyclic) bond motifs is 1. The Hall–Kier alpha value is -2.08. The van der Waals surface area contributed by atoms with Gasteiger partial charge in [-0.05, 0) is 43.0 Å². The number of benzene rings is 1. The third-order valence-corrected chi connectivity index (χ3v) is 5.54. The molecule has 2 fully saturated rings. The van der Waals surface area contributed by atoms with Crippen LogP contribution in [0.5, 0.6) is 5.75 Å². The molecule has 2 amide bonds. The van der Waals surface area contributed by atoms with Crippen LogP contribution in [0, 0.1) is 5.41 Å². The number of aliphatic hydroxyl groups excluding tert-OH is 1. The molecule has 4 rings (SSSR count). The third-order valence-electron chi connectivity index (χ3n) is 5.54.